The highest BCUT2D eigenvalue weighted by molar-refractivity contribution is 7.13. The summed E-state index contributed by atoms with van der Waals surface area (Å²) in [5, 5.41) is 8.65. The highest BCUT2D eigenvalue weighted by Crippen LogP contribution is 2.26. The van der Waals surface area contributed by atoms with Crippen molar-refractivity contribution in [3.8, 4) is 0 Å². The summed E-state index contributed by atoms with van der Waals surface area (Å²) in [6, 6.07) is 0.255. The van der Waals surface area contributed by atoms with Crippen LogP contribution in [0.5, 0.6) is 0 Å². The molecule has 1 aliphatic rings. The van der Waals surface area contributed by atoms with E-state index in [0.717, 1.165) is 15.6 Å². The van der Waals surface area contributed by atoms with Gasteiger partial charge in [0.1, 0.15) is 4.88 Å². The Balaban J connectivity index is 1.68. The lowest BCUT2D eigenvalue weighted by Gasteiger charge is -2.38. The molecule has 1 saturated heterocycles. The fourth-order valence-electron chi connectivity index (χ4n) is 2.07. The van der Waals surface area contributed by atoms with Gasteiger partial charge in [0, 0.05) is 19.3 Å². The van der Waals surface area contributed by atoms with Gasteiger partial charge in [0.15, 0.2) is 0 Å². The van der Waals surface area contributed by atoms with E-state index in [-0.39, 0.29) is 11.9 Å². The van der Waals surface area contributed by atoms with Crippen LogP contribution < -0.4 is 0 Å². The van der Waals surface area contributed by atoms with E-state index in [9.17, 15) is 4.79 Å². The van der Waals surface area contributed by atoms with Gasteiger partial charge >= 0.3 is 0 Å². The Labute approximate surface area is 108 Å². The van der Waals surface area contributed by atoms with Crippen LogP contribution >= 0.6 is 11.3 Å². The van der Waals surface area contributed by atoms with Crippen molar-refractivity contribution >= 4 is 17.2 Å². The van der Waals surface area contributed by atoms with Crippen molar-refractivity contribution in [1.82, 2.24) is 24.9 Å². The molecule has 94 valence electrons. The summed E-state index contributed by atoms with van der Waals surface area (Å²) in [7, 11) is 0. The normalized spacial score (nSPS) is 15.8. The molecule has 0 N–H and O–H groups in total. The van der Waals surface area contributed by atoms with Gasteiger partial charge in [0.2, 0.25) is 0 Å². The van der Waals surface area contributed by atoms with Crippen LogP contribution in [0.25, 0.3) is 0 Å². The second-order valence-corrected chi connectivity index (χ2v) is 5.60. The second kappa shape index (κ2) is 4.16. The van der Waals surface area contributed by atoms with Gasteiger partial charge in [-0.3, -0.25) is 4.79 Å². The molecule has 0 aromatic carbocycles. The molecule has 18 heavy (non-hydrogen) atoms. The minimum Gasteiger partial charge on any atom is -0.333 e. The summed E-state index contributed by atoms with van der Waals surface area (Å²) in [5.41, 5.74) is 0.826. The highest BCUT2D eigenvalue weighted by atomic mass is 32.1. The molecule has 1 fully saturated rings. The first-order valence-corrected chi connectivity index (χ1v) is 6.56. The predicted octanol–water partition coefficient (Wildman–Crippen LogP) is 1.05. The summed E-state index contributed by atoms with van der Waals surface area (Å²) in [6.45, 7) is 5.19. The zero-order valence-electron chi connectivity index (χ0n) is 10.2. The molecule has 1 aliphatic heterocycles. The molecule has 6 nitrogen and oxygen atoms in total. The first-order chi connectivity index (χ1) is 8.65. The molecular formula is C11H13N5OS. The van der Waals surface area contributed by atoms with Crippen LogP contribution in [0.15, 0.2) is 12.4 Å². The van der Waals surface area contributed by atoms with Crippen molar-refractivity contribution in [2.45, 2.75) is 19.9 Å². The number of hydrogen-bond donors (Lipinski definition) is 0. The number of aryl methyl sites for hydroxylation is 2. The average molecular weight is 263 g/mol. The predicted molar refractivity (Wildman–Crippen MR) is 66.6 cm³/mol. The van der Waals surface area contributed by atoms with Crippen LogP contribution in [-0.2, 0) is 0 Å². The molecule has 0 unspecified atom stereocenters. The highest BCUT2D eigenvalue weighted by Gasteiger charge is 2.34. The maximum absolute atomic E-state index is 12.2. The zero-order valence-corrected chi connectivity index (χ0v) is 11.0. The number of likely N-dealkylation sites (tertiary alicyclic amines) is 1. The van der Waals surface area contributed by atoms with E-state index in [1.165, 1.54) is 11.3 Å². The third-order valence-corrected chi connectivity index (χ3v) is 4.12. The Kier molecular flexibility index (Phi) is 2.62. The lowest BCUT2D eigenvalue weighted by molar-refractivity contribution is 0.0502. The molecule has 0 bridgehead atoms. The third-order valence-electron chi connectivity index (χ3n) is 3.06. The van der Waals surface area contributed by atoms with Crippen molar-refractivity contribution in [2.24, 2.45) is 0 Å². The summed E-state index contributed by atoms with van der Waals surface area (Å²) in [6.07, 6.45) is 3.48. The number of carbonyl (C=O) groups excluding carboxylic acids is 1. The van der Waals surface area contributed by atoms with Crippen molar-refractivity contribution in [3.63, 3.8) is 0 Å². The topological polar surface area (TPSA) is 63.9 Å². The number of carbonyl (C=O) groups is 1. The number of rotatable bonds is 2. The fourth-order valence-corrected chi connectivity index (χ4v) is 2.96. The first kappa shape index (κ1) is 11.3. The average Bonchev–Trinajstić information content (AvgIpc) is 2.86. The van der Waals surface area contributed by atoms with E-state index in [1.54, 1.807) is 10.9 Å². The molecule has 0 atom stereocenters. The zero-order chi connectivity index (χ0) is 12.7. The van der Waals surface area contributed by atoms with Crippen LogP contribution in [-0.4, -0.2) is 43.9 Å². The summed E-state index contributed by atoms with van der Waals surface area (Å²) < 4.78 is 1.80. The van der Waals surface area contributed by atoms with Gasteiger partial charge in [-0.2, -0.15) is 0 Å². The summed E-state index contributed by atoms with van der Waals surface area (Å²) in [5.74, 6) is 0.0782. The smallest absolute Gasteiger partial charge is 0.266 e. The molecule has 0 spiro atoms. The molecular weight excluding hydrogens is 250 g/mol. The number of amides is 1. The van der Waals surface area contributed by atoms with Crippen molar-refractivity contribution in [1.29, 1.82) is 0 Å². The summed E-state index contributed by atoms with van der Waals surface area (Å²) >= 11 is 1.46. The maximum Gasteiger partial charge on any atom is 0.266 e. The largest absolute Gasteiger partial charge is 0.333 e. The van der Waals surface area contributed by atoms with Crippen molar-refractivity contribution < 1.29 is 4.79 Å². The van der Waals surface area contributed by atoms with E-state index in [2.05, 4.69) is 15.3 Å². The standard InChI is InChI=1S/C11H13N5OS/c1-7-10(18-8(2)13-7)11(17)15-5-9(6-15)16-4-3-12-14-16/h3-4,9H,5-6H2,1-2H3. The van der Waals surface area contributed by atoms with Crippen LogP contribution in [0, 0.1) is 13.8 Å². The van der Waals surface area contributed by atoms with Gasteiger partial charge in [0.05, 0.1) is 22.9 Å². The van der Waals surface area contributed by atoms with Crippen molar-refractivity contribution in [3.05, 3.63) is 28.0 Å². The molecule has 0 aliphatic carbocycles. The number of hydrogen-bond acceptors (Lipinski definition) is 5. The fraction of sp³-hybridized carbons (Fsp3) is 0.455. The van der Waals surface area contributed by atoms with Gasteiger partial charge < -0.3 is 4.90 Å². The Bertz CT molecular complexity index is 570. The minimum atomic E-state index is 0.0782. The Morgan fingerprint density at radius 3 is 2.78 bits per heavy atom. The van der Waals surface area contributed by atoms with Gasteiger partial charge in [-0.25, -0.2) is 9.67 Å². The van der Waals surface area contributed by atoms with Crippen LogP contribution in [0.1, 0.15) is 26.4 Å². The Hall–Kier alpha value is -1.76. The van der Waals surface area contributed by atoms with Gasteiger partial charge in [-0.15, -0.1) is 16.4 Å². The maximum atomic E-state index is 12.2. The molecule has 2 aromatic rings. The minimum absolute atomic E-state index is 0.0782. The van der Waals surface area contributed by atoms with Gasteiger partial charge in [0.25, 0.3) is 5.91 Å². The SMILES string of the molecule is Cc1nc(C)c(C(=O)N2CC(n3ccnn3)C2)s1. The molecule has 0 radical (unpaired) electrons. The van der Waals surface area contributed by atoms with Crippen LogP contribution in [0.3, 0.4) is 0 Å². The van der Waals surface area contributed by atoms with Gasteiger partial charge in [-0.05, 0) is 13.8 Å². The molecule has 2 aromatic heterocycles. The lowest BCUT2D eigenvalue weighted by atomic mass is 10.1. The Morgan fingerprint density at radius 1 is 1.44 bits per heavy atom. The monoisotopic (exact) mass is 263 g/mol. The van der Waals surface area contributed by atoms with E-state index < -0.39 is 0 Å². The van der Waals surface area contributed by atoms with Gasteiger partial charge in [-0.1, -0.05) is 5.21 Å². The first-order valence-electron chi connectivity index (χ1n) is 5.74. The molecule has 3 rings (SSSR count). The molecule has 0 saturated carbocycles. The van der Waals surface area contributed by atoms with Crippen LogP contribution in [0.4, 0.5) is 0 Å². The molecule has 7 heteroatoms. The Morgan fingerprint density at radius 2 is 2.22 bits per heavy atom. The summed E-state index contributed by atoms with van der Waals surface area (Å²) in [4.78, 5) is 19.1. The van der Waals surface area contributed by atoms with E-state index >= 15 is 0 Å². The van der Waals surface area contributed by atoms with Crippen LogP contribution in [0.2, 0.25) is 0 Å². The molecule has 1 amide bonds. The second-order valence-electron chi connectivity index (χ2n) is 4.39. The van der Waals surface area contributed by atoms with Crippen molar-refractivity contribution in [2.75, 3.05) is 13.1 Å². The third kappa shape index (κ3) is 1.80. The number of nitrogens with zero attached hydrogens (tertiary/aromatic N) is 5. The molecule has 3 heterocycles. The lowest BCUT2D eigenvalue weighted by Crippen LogP contribution is -2.50. The quantitative estimate of drug-likeness (QED) is 0.812. The van der Waals surface area contributed by atoms with E-state index in [1.807, 2.05) is 24.9 Å². The van der Waals surface area contributed by atoms with E-state index in [4.69, 9.17) is 0 Å². The number of thiazole rings is 1. The van der Waals surface area contributed by atoms with E-state index in [0.29, 0.717) is 13.1 Å². The number of aromatic nitrogens is 4.